The lowest BCUT2D eigenvalue weighted by Crippen LogP contribution is -2.21. The zero-order valence-electron chi connectivity index (χ0n) is 16.0. The van der Waals surface area contributed by atoms with Gasteiger partial charge in [-0.1, -0.05) is 35.5 Å². The summed E-state index contributed by atoms with van der Waals surface area (Å²) in [6.45, 7) is 0. The van der Waals surface area contributed by atoms with Crippen LogP contribution in [0.4, 0.5) is 5.69 Å². The van der Waals surface area contributed by atoms with Crippen LogP contribution in [-0.2, 0) is 4.79 Å². The van der Waals surface area contributed by atoms with Crippen LogP contribution in [0.25, 0.3) is 11.1 Å². The van der Waals surface area contributed by atoms with E-state index in [2.05, 4.69) is 30.7 Å². The van der Waals surface area contributed by atoms with E-state index in [4.69, 9.17) is 16.0 Å². The predicted molar refractivity (Wildman–Crippen MR) is 120 cm³/mol. The minimum absolute atomic E-state index is 0.0744. The highest BCUT2D eigenvalue weighted by atomic mass is 35.5. The van der Waals surface area contributed by atoms with Crippen LogP contribution >= 0.6 is 23.4 Å². The first-order valence-electron chi connectivity index (χ1n) is 9.10. The standard InChI is InChI=1S/C21H15ClN6O2S/c22-15-7-9-16(10-8-15)25-27-20(14-4-3-11-23-12-14)28-26-19(29)13-31-21-24-17-5-1-2-6-18(17)30-21/h1-12H,13H2,(H,26,29)/b27-25?,28-20-. The summed E-state index contributed by atoms with van der Waals surface area (Å²) >= 11 is 7.06. The molecule has 8 nitrogen and oxygen atoms in total. The Morgan fingerprint density at radius 2 is 1.94 bits per heavy atom. The molecule has 0 aliphatic carbocycles. The van der Waals surface area contributed by atoms with E-state index in [9.17, 15) is 4.79 Å². The van der Waals surface area contributed by atoms with Gasteiger partial charge in [0.15, 0.2) is 5.58 Å². The van der Waals surface area contributed by atoms with Crippen LogP contribution in [0.2, 0.25) is 5.02 Å². The third-order valence-corrected chi connectivity index (χ3v) is 4.97. The Labute approximate surface area is 186 Å². The molecule has 10 heteroatoms. The van der Waals surface area contributed by atoms with Crippen LogP contribution in [0.15, 0.2) is 98.0 Å². The first-order chi connectivity index (χ1) is 15.2. The number of amides is 1. The third kappa shape index (κ3) is 5.74. The van der Waals surface area contributed by atoms with Gasteiger partial charge in [0.05, 0.1) is 11.4 Å². The first kappa shape index (κ1) is 20.7. The summed E-state index contributed by atoms with van der Waals surface area (Å²) in [4.78, 5) is 20.7. The maximum Gasteiger partial charge on any atom is 0.257 e. The van der Waals surface area contributed by atoms with E-state index >= 15 is 0 Å². The van der Waals surface area contributed by atoms with Gasteiger partial charge in [0, 0.05) is 23.0 Å². The Morgan fingerprint density at radius 3 is 2.71 bits per heavy atom. The topological polar surface area (TPSA) is 105 Å². The number of fused-ring (bicyclic) bond motifs is 1. The number of aromatic nitrogens is 2. The van der Waals surface area contributed by atoms with Crippen LogP contribution in [-0.4, -0.2) is 27.5 Å². The molecule has 4 rings (SSSR count). The summed E-state index contributed by atoms with van der Waals surface area (Å²) in [7, 11) is 0. The van der Waals surface area contributed by atoms with E-state index in [1.165, 1.54) is 11.8 Å². The molecular formula is C21H15ClN6O2S. The number of amidine groups is 1. The molecule has 0 bridgehead atoms. The molecule has 2 aromatic carbocycles. The first-order valence-corrected chi connectivity index (χ1v) is 10.5. The zero-order valence-corrected chi connectivity index (χ0v) is 17.5. The number of hydrogen-bond acceptors (Lipinski definition) is 7. The van der Waals surface area contributed by atoms with Crippen LogP contribution in [0, 0.1) is 0 Å². The minimum Gasteiger partial charge on any atom is -0.431 e. The van der Waals surface area contributed by atoms with Gasteiger partial charge in [0.1, 0.15) is 5.52 Å². The highest BCUT2D eigenvalue weighted by Gasteiger charge is 2.10. The van der Waals surface area contributed by atoms with Gasteiger partial charge >= 0.3 is 0 Å². The lowest BCUT2D eigenvalue weighted by atomic mass is 10.3. The van der Waals surface area contributed by atoms with Gasteiger partial charge in [-0.2, -0.15) is 5.10 Å². The Kier molecular flexibility index (Phi) is 6.65. The van der Waals surface area contributed by atoms with Gasteiger partial charge in [-0.15, -0.1) is 10.2 Å². The molecule has 0 saturated carbocycles. The van der Waals surface area contributed by atoms with Crippen molar-refractivity contribution in [3.8, 4) is 0 Å². The predicted octanol–water partition coefficient (Wildman–Crippen LogP) is 5.23. The Bertz CT molecular complexity index is 1210. The molecule has 2 heterocycles. The Balaban J connectivity index is 1.43. The molecule has 0 radical (unpaired) electrons. The second kappa shape index (κ2) is 9.96. The fraction of sp³-hybridized carbons (Fsp3) is 0.0476. The Morgan fingerprint density at radius 1 is 1.10 bits per heavy atom. The summed E-state index contributed by atoms with van der Waals surface area (Å²) in [6.07, 6.45) is 3.21. The summed E-state index contributed by atoms with van der Waals surface area (Å²) < 4.78 is 5.59. The molecule has 154 valence electrons. The molecule has 0 atom stereocenters. The number of rotatable bonds is 6. The minimum atomic E-state index is -0.338. The van der Waals surface area contributed by atoms with Gasteiger partial charge in [0.2, 0.25) is 5.84 Å². The van der Waals surface area contributed by atoms with E-state index in [1.807, 2.05) is 24.3 Å². The van der Waals surface area contributed by atoms with Gasteiger partial charge in [-0.3, -0.25) is 9.78 Å². The monoisotopic (exact) mass is 450 g/mol. The number of hydrogen-bond donors (Lipinski definition) is 1. The number of para-hydroxylation sites is 2. The van der Waals surface area contributed by atoms with Gasteiger partial charge in [0.25, 0.3) is 11.1 Å². The van der Waals surface area contributed by atoms with Crippen molar-refractivity contribution in [2.45, 2.75) is 5.22 Å². The highest BCUT2D eigenvalue weighted by molar-refractivity contribution is 7.99. The maximum absolute atomic E-state index is 12.3. The molecule has 4 aromatic rings. The molecule has 0 unspecified atom stereocenters. The van der Waals surface area contributed by atoms with Crippen LogP contribution in [0.3, 0.4) is 0 Å². The normalized spacial score (nSPS) is 11.8. The zero-order chi connectivity index (χ0) is 21.5. The summed E-state index contributed by atoms with van der Waals surface area (Å²) in [5, 5.41) is 13.4. The van der Waals surface area contributed by atoms with Crippen molar-refractivity contribution >= 4 is 51.9 Å². The van der Waals surface area contributed by atoms with Crippen molar-refractivity contribution in [1.82, 2.24) is 15.4 Å². The molecule has 0 aliphatic heterocycles. The van der Waals surface area contributed by atoms with Crippen molar-refractivity contribution < 1.29 is 9.21 Å². The maximum atomic E-state index is 12.3. The molecule has 0 fully saturated rings. The fourth-order valence-electron chi connectivity index (χ4n) is 2.44. The number of oxazole rings is 1. The molecule has 2 aromatic heterocycles. The van der Waals surface area contributed by atoms with Crippen molar-refractivity contribution in [2.75, 3.05) is 5.75 Å². The fourth-order valence-corrected chi connectivity index (χ4v) is 3.20. The number of thioether (sulfide) groups is 1. The number of halogens is 1. The number of benzene rings is 2. The summed E-state index contributed by atoms with van der Waals surface area (Å²) in [6, 6.07) is 17.8. The van der Waals surface area contributed by atoms with E-state index < -0.39 is 0 Å². The Hall–Kier alpha value is -3.56. The lowest BCUT2D eigenvalue weighted by molar-refractivity contribution is -0.118. The van der Waals surface area contributed by atoms with Crippen molar-refractivity contribution in [3.63, 3.8) is 0 Å². The number of carbonyl (C=O) groups is 1. The van der Waals surface area contributed by atoms with E-state index in [0.29, 0.717) is 27.1 Å². The van der Waals surface area contributed by atoms with Crippen molar-refractivity contribution in [2.24, 2.45) is 15.3 Å². The van der Waals surface area contributed by atoms with E-state index in [-0.39, 0.29) is 17.5 Å². The van der Waals surface area contributed by atoms with Gasteiger partial charge < -0.3 is 4.42 Å². The van der Waals surface area contributed by atoms with E-state index in [0.717, 1.165) is 5.52 Å². The number of pyridine rings is 1. The summed E-state index contributed by atoms with van der Waals surface area (Å²) in [5.41, 5.74) is 5.10. The average molecular weight is 451 g/mol. The third-order valence-electron chi connectivity index (χ3n) is 3.89. The van der Waals surface area contributed by atoms with Gasteiger partial charge in [-0.05, 0) is 48.5 Å². The average Bonchev–Trinajstić information content (AvgIpc) is 3.22. The molecule has 0 aliphatic rings. The van der Waals surface area contributed by atoms with Crippen LogP contribution < -0.4 is 5.43 Å². The SMILES string of the molecule is O=C(CSc1nc2ccccc2o1)N/N=C(\N=Nc1ccc(Cl)cc1)c1cccnc1. The smallest absolute Gasteiger partial charge is 0.257 e. The molecule has 1 N–H and O–H groups in total. The molecule has 0 spiro atoms. The second-order valence-electron chi connectivity index (χ2n) is 6.12. The van der Waals surface area contributed by atoms with Crippen LogP contribution in [0.1, 0.15) is 5.56 Å². The lowest BCUT2D eigenvalue weighted by Gasteiger charge is -2.02. The summed E-state index contributed by atoms with van der Waals surface area (Å²) in [5.74, 6) is -0.0519. The molecule has 0 saturated heterocycles. The molecule has 31 heavy (non-hydrogen) atoms. The number of carbonyl (C=O) groups excluding carboxylic acids is 1. The number of azo groups is 1. The van der Waals surface area contributed by atoms with Crippen molar-refractivity contribution in [3.05, 3.63) is 83.6 Å². The second-order valence-corrected chi connectivity index (χ2v) is 7.49. The number of nitrogens with one attached hydrogen (secondary N) is 1. The van der Waals surface area contributed by atoms with E-state index in [1.54, 1.807) is 48.8 Å². The van der Waals surface area contributed by atoms with Gasteiger partial charge in [-0.25, -0.2) is 10.4 Å². The molecule has 1 amide bonds. The molecular weight excluding hydrogens is 436 g/mol. The largest absolute Gasteiger partial charge is 0.431 e. The quantitative estimate of drug-likeness (QED) is 0.142. The highest BCUT2D eigenvalue weighted by Crippen LogP contribution is 2.23. The van der Waals surface area contributed by atoms with Crippen molar-refractivity contribution in [1.29, 1.82) is 0 Å². The number of nitrogens with zero attached hydrogens (tertiary/aromatic N) is 5. The van der Waals surface area contributed by atoms with Crippen LogP contribution in [0.5, 0.6) is 0 Å². The number of hydrazone groups is 1.